The minimum Gasteiger partial charge on any atom is -0.493 e. The van der Waals surface area contributed by atoms with E-state index < -0.39 is 0 Å². The van der Waals surface area contributed by atoms with Crippen molar-refractivity contribution in [3.63, 3.8) is 0 Å². The lowest BCUT2D eigenvalue weighted by Gasteiger charge is -2.24. The SMILES string of the molecule is COc1ccc(C(c2cc(OC)c(OC)cc2CCO)c2c[nH]c3ccccc23)cc1OC. The normalized spacial score (nSPS) is 11.9. The van der Waals surface area contributed by atoms with Crippen molar-refractivity contribution in [2.75, 3.05) is 35.0 Å². The Morgan fingerprint density at radius 2 is 1.42 bits per heavy atom. The van der Waals surface area contributed by atoms with Crippen LogP contribution in [0, 0.1) is 0 Å². The van der Waals surface area contributed by atoms with Gasteiger partial charge in [-0.2, -0.15) is 0 Å². The van der Waals surface area contributed by atoms with Gasteiger partial charge in [-0.1, -0.05) is 24.3 Å². The molecule has 0 saturated heterocycles. The first-order valence-corrected chi connectivity index (χ1v) is 10.8. The number of aliphatic hydroxyl groups is 1. The number of aromatic nitrogens is 1. The summed E-state index contributed by atoms with van der Waals surface area (Å²) in [5, 5.41) is 11.0. The molecule has 0 radical (unpaired) electrons. The molecule has 0 spiro atoms. The number of aliphatic hydroxyl groups excluding tert-OH is 1. The third-order valence-corrected chi connectivity index (χ3v) is 6.01. The van der Waals surface area contributed by atoms with E-state index in [0.29, 0.717) is 29.4 Å². The zero-order chi connectivity index (χ0) is 23.4. The van der Waals surface area contributed by atoms with Crippen molar-refractivity contribution in [2.45, 2.75) is 12.3 Å². The highest BCUT2D eigenvalue weighted by molar-refractivity contribution is 5.85. The molecule has 0 saturated carbocycles. The maximum Gasteiger partial charge on any atom is 0.161 e. The summed E-state index contributed by atoms with van der Waals surface area (Å²) in [5.41, 5.74) is 5.22. The van der Waals surface area contributed by atoms with Crippen LogP contribution in [-0.2, 0) is 6.42 Å². The predicted molar refractivity (Wildman–Crippen MR) is 129 cm³/mol. The number of hydrogen-bond acceptors (Lipinski definition) is 5. The van der Waals surface area contributed by atoms with Gasteiger partial charge < -0.3 is 29.0 Å². The lowest BCUT2D eigenvalue weighted by Crippen LogP contribution is -2.09. The van der Waals surface area contributed by atoms with Gasteiger partial charge in [-0.05, 0) is 59.0 Å². The van der Waals surface area contributed by atoms with Crippen LogP contribution in [0.3, 0.4) is 0 Å². The van der Waals surface area contributed by atoms with Gasteiger partial charge in [-0.15, -0.1) is 0 Å². The Morgan fingerprint density at radius 1 is 0.758 bits per heavy atom. The molecule has 0 aliphatic rings. The van der Waals surface area contributed by atoms with Gasteiger partial charge in [-0.3, -0.25) is 0 Å². The van der Waals surface area contributed by atoms with Crippen LogP contribution in [-0.4, -0.2) is 45.1 Å². The number of nitrogens with one attached hydrogen (secondary N) is 1. The number of H-pyrrole nitrogens is 1. The summed E-state index contributed by atoms with van der Waals surface area (Å²) in [6.07, 6.45) is 2.54. The smallest absolute Gasteiger partial charge is 0.161 e. The molecule has 1 aromatic heterocycles. The molecule has 33 heavy (non-hydrogen) atoms. The number of aromatic amines is 1. The van der Waals surface area contributed by atoms with E-state index in [1.54, 1.807) is 28.4 Å². The van der Waals surface area contributed by atoms with Crippen molar-refractivity contribution in [3.8, 4) is 23.0 Å². The lowest BCUT2D eigenvalue weighted by molar-refractivity contribution is 0.298. The maximum atomic E-state index is 9.82. The molecular weight excluding hydrogens is 418 g/mol. The van der Waals surface area contributed by atoms with Crippen molar-refractivity contribution in [1.29, 1.82) is 0 Å². The molecule has 172 valence electrons. The Kier molecular flexibility index (Phi) is 6.75. The molecule has 0 fully saturated rings. The van der Waals surface area contributed by atoms with E-state index in [9.17, 15) is 5.11 Å². The fourth-order valence-corrected chi connectivity index (χ4v) is 4.43. The van der Waals surface area contributed by atoms with E-state index >= 15 is 0 Å². The lowest BCUT2D eigenvalue weighted by atomic mass is 9.81. The van der Waals surface area contributed by atoms with E-state index in [2.05, 4.69) is 17.1 Å². The Morgan fingerprint density at radius 3 is 2.12 bits per heavy atom. The third kappa shape index (κ3) is 4.22. The van der Waals surface area contributed by atoms with Gasteiger partial charge in [0.15, 0.2) is 23.0 Å². The summed E-state index contributed by atoms with van der Waals surface area (Å²) in [4.78, 5) is 3.40. The van der Waals surface area contributed by atoms with Crippen molar-refractivity contribution < 1.29 is 24.1 Å². The summed E-state index contributed by atoms with van der Waals surface area (Å²) in [5.74, 6) is 2.45. The van der Waals surface area contributed by atoms with Crippen LogP contribution in [0.15, 0.2) is 60.8 Å². The molecule has 1 heterocycles. The second kappa shape index (κ2) is 9.88. The summed E-state index contributed by atoms with van der Waals surface area (Å²) < 4.78 is 22.3. The molecule has 1 unspecified atom stereocenters. The minimum atomic E-state index is -0.151. The highest BCUT2D eigenvalue weighted by Gasteiger charge is 2.26. The van der Waals surface area contributed by atoms with E-state index in [1.807, 2.05) is 48.7 Å². The third-order valence-electron chi connectivity index (χ3n) is 6.01. The quantitative estimate of drug-likeness (QED) is 0.381. The molecule has 0 amide bonds. The largest absolute Gasteiger partial charge is 0.493 e. The molecule has 0 aliphatic carbocycles. The Hall–Kier alpha value is -3.64. The number of benzene rings is 3. The predicted octanol–water partition coefficient (Wildman–Crippen LogP) is 4.92. The van der Waals surface area contributed by atoms with Crippen LogP contribution in [0.4, 0.5) is 0 Å². The highest BCUT2D eigenvalue weighted by atomic mass is 16.5. The van der Waals surface area contributed by atoms with Gasteiger partial charge in [0.2, 0.25) is 0 Å². The van der Waals surface area contributed by atoms with Gasteiger partial charge in [0.1, 0.15) is 0 Å². The Balaban J connectivity index is 2.02. The van der Waals surface area contributed by atoms with E-state index in [0.717, 1.165) is 33.2 Å². The molecule has 4 rings (SSSR count). The van der Waals surface area contributed by atoms with Crippen LogP contribution < -0.4 is 18.9 Å². The monoisotopic (exact) mass is 447 g/mol. The average Bonchev–Trinajstić information content (AvgIpc) is 3.28. The zero-order valence-electron chi connectivity index (χ0n) is 19.3. The Bertz CT molecular complexity index is 1250. The number of fused-ring (bicyclic) bond motifs is 1. The van der Waals surface area contributed by atoms with Crippen LogP contribution in [0.5, 0.6) is 23.0 Å². The molecule has 6 heteroatoms. The first kappa shape index (κ1) is 22.6. The van der Waals surface area contributed by atoms with Crippen molar-refractivity contribution in [1.82, 2.24) is 4.98 Å². The van der Waals surface area contributed by atoms with E-state index in [1.165, 1.54) is 0 Å². The van der Waals surface area contributed by atoms with Crippen molar-refractivity contribution >= 4 is 10.9 Å². The molecule has 6 nitrogen and oxygen atoms in total. The van der Waals surface area contributed by atoms with Gasteiger partial charge >= 0.3 is 0 Å². The van der Waals surface area contributed by atoms with Gasteiger partial charge in [0, 0.05) is 29.6 Å². The van der Waals surface area contributed by atoms with Crippen LogP contribution in [0.25, 0.3) is 10.9 Å². The zero-order valence-corrected chi connectivity index (χ0v) is 19.3. The number of rotatable bonds is 9. The molecule has 0 aliphatic heterocycles. The van der Waals surface area contributed by atoms with E-state index in [4.69, 9.17) is 18.9 Å². The molecule has 4 aromatic rings. The first-order chi connectivity index (χ1) is 16.1. The second-order valence-corrected chi connectivity index (χ2v) is 7.72. The fourth-order valence-electron chi connectivity index (χ4n) is 4.43. The number of para-hydroxylation sites is 1. The van der Waals surface area contributed by atoms with Crippen LogP contribution in [0.1, 0.15) is 28.2 Å². The van der Waals surface area contributed by atoms with E-state index in [-0.39, 0.29) is 12.5 Å². The second-order valence-electron chi connectivity index (χ2n) is 7.72. The van der Waals surface area contributed by atoms with Gasteiger partial charge in [0.05, 0.1) is 28.4 Å². The standard InChI is InChI=1S/C27H29NO5/c1-30-23-10-9-18(14-24(23)31-2)27(21-16-28-22-8-6-5-7-19(21)22)20-15-26(33-4)25(32-3)13-17(20)11-12-29/h5-10,13-16,27-29H,11-12H2,1-4H3. The first-order valence-electron chi connectivity index (χ1n) is 10.8. The maximum absolute atomic E-state index is 9.82. The highest BCUT2D eigenvalue weighted by Crippen LogP contribution is 2.43. The van der Waals surface area contributed by atoms with Gasteiger partial charge in [-0.25, -0.2) is 0 Å². The number of ether oxygens (including phenoxy) is 4. The molecule has 1 atom stereocenters. The van der Waals surface area contributed by atoms with Gasteiger partial charge in [0.25, 0.3) is 0 Å². The van der Waals surface area contributed by atoms with Crippen LogP contribution >= 0.6 is 0 Å². The molecule has 0 bridgehead atoms. The van der Waals surface area contributed by atoms with Crippen molar-refractivity contribution in [3.05, 3.63) is 83.0 Å². The Labute approximate surface area is 193 Å². The average molecular weight is 448 g/mol. The molecular formula is C27H29NO5. The molecule has 2 N–H and O–H groups in total. The summed E-state index contributed by atoms with van der Waals surface area (Å²) in [7, 11) is 6.51. The minimum absolute atomic E-state index is 0.0228. The number of hydrogen-bond donors (Lipinski definition) is 2. The van der Waals surface area contributed by atoms with Crippen molar-refractivity contribution in [2.24, 2.45) is 0 Å². The number of methoxy groups -OCH3 is 4. The summed E-state index contributed by atoms with van der Waals surface area (Å²) in [6, 6.07) is 18.2. The summed E-state index contributed by atoms with van der Waals surface area (Å²) >= 11 is 0. The topological polar surface area (TPSA) is 72.9 Å². The summed E-state index contributed by atoms with van der Waals surface area (Å²) in [6.45, 7) is 0.0228. The van der Waals surface area contributed by atoms with Crippen LogP contribution in [0.2, 0.25) is 0 Å². The fraction of sp³-hybridized carbons (Fsp3) is 0.259. The molecule has 3 aromatic carbocycles.